The summed E-state index contributed by atoms with van der Waals surface area (Å²) in [6.07, 6.45) is 3.42. The van der Waals surface area contributed by atoms with Gasteiger partial charge in [-0.15, -0.1) is 0 Å². The molecule has 5 nitrogen and oxygen atoms in total. The molecule has 0 saturated heterocycles. The van der Waals surface area contributed by atoms with Crippen LogP contribution in [0.4, 0.5) is 10.1 Å². The Morgan fingerprint density at radius 3 is 2.70 bits per heavy atom. The Hall–Kier alpha value is -2.15. The normalized spacial score (nSPS) is 11.5. The first-order chi connectivity index (χ1) is 10.8. The molecule has 7 heteroatoms. The van der Waals surface area contributed by atoms with Gasteiger partial charge in [-0.3, -0.25) is 9.71 Å². The van der Waals surface area contributed by atoms with Crippen molar-refractivity contribution in [2.24, 2.45) is 0 Å². The minimum absolute atomic E-state index is 0.107. The lowest BCUT2D eigenvalue weighted by Crippen LogP contribution is -2.17. The number of nitrogens with one attached hydrogen (secondary N) is 1. The van der Waals surface area contributed by atoms with E-state index < -0.39 is 15.8 Å². The summed E-state index contributed by atoms with van der Waals surface area (Å²) in [5, 5.41) is 0. The fourth-order valence-corrected chi connectivity index (χ4v) is 3.30. The van der Waals surface area contributed by atoms with Crippen LogP contribution in [0.25, 0.3) is 0 Å². The lowest BCUT2D eigenvalue weighted by Gasteiger charge is -2.16. The number of rotatable bonds is 6. The lowest BCUT2D eigenvalue weighted by molar-refractivity contribution is 0.235. The summed E-state index contributed by atoms with van der Waals surface area (Å²) in [6.45, 7) is 5.44. The van der Waals surface area contributed by atoms with Gasteiger partial charge in [-0.25, -0.2) is 12.8 Å². The van der Waals surface area contributed by atoms with Gasteiger partial charge in [-0.2, -0.15) is 0 Å². The maximum atomic E-state index is 13.5. The summed E-state index contributed by atoms with van der Waals surface area (Å²) in [5.74, 6) is -0.542. The third-order valence-electron chi connectivity index (χ3n) is 3.09. The van der Waals surface area contributed by atoms with Crippen molar-refractivity contribution in [3.8, 4) is 5.75 Å². The summed E-state index contributed by atoms with van der Waals surface area (Å²) in [5.41, 5.74) is 1.17. The third kappa shape index (κ3) is 4.19. The van der Waals surface area contributed by atoms with E-state index in [4.69, 9.17) is 4.74 Å². The molecule has 1 aromatic carbocycles. The zero-order valence-electron chi connectivity index (χ0n) is 13.2. The van der Waals surface area contributed by atoms with Crippen molar-refractivity contribution in [3.05, 3.63) is 48.0 Å². The summed E-state index contributed by atoms with van der Waals surface area (Å²) >= 11 is 0. The number of aryl methyl sites for hydroxylation is 1. The molecule has 0 aliphatic rings. The highest BCUT2D eigenvalue weighted by atomic mass is 32.2. The number of hydrogen-bond donors (Lipinski definition) is 1. The predicted octanol–water partition coefficient (Wildman–Crippen LogP) is 3.37. The lowest BCUT2D eigenvalue weighted by atomic mass is 10.2. The second-order valence-electron chi connectivity index (χ2n) is 5.25. The Morgan fingerprint density at radius 2 is 2.04 bits per heavy atom. The molecule has 23 heavy (non-hydrogen) atoms. The molecule has 0 aliphatic heterocycles. The molecule has 0 aliphatic carbocycles. The quantitative estimate of drug-likeness (QED) is 0.877. The zero-order valence-corrected chi connectivity index (χ0v) is 14.0. The number of anilines is 1. The monoisotopic (exact) mass is 338 g/mol. The predicted molar refractivity (Wildman–Crippen MR) is 86.6 cm³/mol. The Kier molecular flexibility index (Phi) is 5.20. The number of ether oxygens (including phenoxy) is 1. The summed E-state index contributed by atoms with van der Waals surface area (Å²) in [7, 11) is -4.00. The molecule has 0 saturated carbocycles. The van der Waals surface area contributed by atoms with Crippen LogP contribution in [0.2, 0.25) is 0 Å². The van der Waals surface area contributed by atoms with Crippen molar-refractivity contribution in [2.45, 2.75) is 38.2 Å². The van der Waals surface area contributed by atoms with Crippen LogP contribution in [-0.4, -0.2) is 19.5 Å². The summed E-state index contributed by atoms with van der Waals surface area (Å²) in [6, 6.07) is 5.16. The molecule has 0 fully saturated rings. The number of halogens is 1. The van der Waals surface area contributed by atoms with E-state index >= 15 is 0 Å². The molecule has 2 rings (SSSR count). The van der Waals surface area contributed by atoms with Crippen LogP contribution in [0, 0.1) is 5.82 Å². The van der Waals surface area contributed by atoms with Gasteiger partial charge in [-0.05, 0) is 50.1 Å². The topological polar surface area (TPSA) is 68.3 Å². The number of hydrogen-bond acceptors (Lipinski definition) is 4. The molecule has 2 aromatic rings. The smallest absolute Gasteiger partial charge is 0.265 e. The van der Waals surface area contributed by atoms with E-state index in [-0.39, 0.29) is 16.7 Å². The van der Waals surface area contributed by atoms with Crippen LogP contribution in [0.3, 0.4) is 0 Å². The van der Waals surface area contributed by atoms with E-state index in [9.17, 15) is 12.8 Å². The average Bonchev–Trinajstić information content (AvgIpc) is 2.48. The van der Waals surface area contributed by atoms with E-state index in [1.54, 1.807) is 26.1 Å². The number of aromatic nitrogens is 1. The maximum absolute atomic E-state index is 13.5. The molecule has 124 valence electrons. The molecule has 0 bridgehead atoms. The van der Waals surface area contributed by atoms with Gasteiger partial charge in [0.2, 0.25) is 0 Å². The molecule has 0 unspecified atom stereocenters. The van der Waals surface area contributed by atoms with E-state index in [0.29, 0.717) is 12.1 Å². The van der Waals surface area contributed by atoms with Crippen molar-refractivity contribution in [3.63, 3.8) is 0 Å². The molecule has 1 N–H and O–H groups in total. The highest BCUT2D eigenvalue weighted by Gasteiger charge is 2.22. The average molecular weight is 338 g/mol. The van der Waals surface area contributed by atoms with Crippen LogP contribution >= 0.6 is 0 Å². The highest BCUT2D eigenvalue weighted by Crippen LogP contribution is 2.28. The summed E-state index contributed by atoms with van der Waals surface area (Å²) < 4.78 is 46.8. The van der Waals surface area contributed by atoms with Gasteiger partial charge >= 0.3 is 0 Å². The van der Waals surface area contributed by atoms with E-state index in [1.165, 1.54) is 12.3 Å². The molecule has 0 radical (unpaired) electrons. The van der Waals surface area contributed by atoms with Crippen LogP contribution < -0.4 is 9.46 Å². The van der Waals surface area contributed by atoms with Gasteiger partial charge in [0, 0.05) is 6.20 Å². The molecular formula is C16H19FN2O3S. The first-order valence-electron chi connectivity index (χ1n) is 7.25. The summed E-state index contributed by atoms with van der Waals surface area (Å²) in [4.78, 5) is 3.69. The highest BCUT2D eigenvalue weighted by molar-refractivity contribution is 7.92. The first-order valence-corrected chi connectivity index (χ1v) is 8.73. The number of benzene rings is 1. The fraction of sp³-hybridized carbons (Fsp3) is 0.312. The molecule has 1 heterocycles. The Labute approximate surface area is 135 Å². The Bertz CT molecular complexity index is 792. The van der Waals surface area contributed by atoms with Crippen molar-refractivity contribution >= 4 is 15.7 Å². The second-order valence-corrected chi connectivity index (χ2v) is 6.90. The van der Waals surface area contributed by atoms with Crippen molar-refractivity contribution in [2.75, 3.05) is 4.72 Å². The standard InChI is InChI=1S/C16H19FN2O3S/c1-4-12-7-8-18-10-14(12)19-23(20,21)16-9-13(17)5-6-15(16)22-11(2)3/h5-11,19H,4H2,1-3H3. The minimum Gasteiger partial charge on any atom is -0.490 e. The van der Waals surface area contributed by atoms with Crippen LogP contribution in [-0.2, 0) is 16.4 Å². The van der Waals surface area contributed by atoms with Crippen LogP contribution in [0.5, 0.6) is 5.75 Å². The van der Waals surface area contributed by atoms with E-state index in [1.807, 2.05) is 6.92 Å². The largest absolute Gasteiger partial charge is 0.490 e. The third-order valence-corrected chi connectivity index (χ3v) is 4.48. The number of sulfonamides is 1. The van der Waals surface area contributed by atoms with Crippen molar-refractivity contribution < 1.29 is 17.5 Å². The molecular weight excluding hydrogens is 319 g/mol. The number of pyridine rings is 1. The number of nitrogens with zero attached hydrogens (tertiary/aromatic N) is 1. The molecule has 0 spiro atoms. The fourth-order valence-electron chi connectivity index (χ4n) is 2.07. The van der Waals surface area contributed by atoms with Gasteiger partial charge in [0.15, 0.2) is 0 Å². The van der Waals surface area contributed by atoms with Gasteiger partial charge < -0.3 is 4.74 Å². The SMILES string of the molecule is CCc1ccncc1NS(=O)(=O)c1cc(F)ccc1OC(C)C. The maximum Gasteiger partial charge on any atom is 0.265 e. The Morgan fingerprint density at radius 1 is 1.30 bits per heavy atom. The molecule has 1 aromatic heterocycles. The zero-order chi connectivity index (χ0) is 17.0. The Balaban J connectivity index is 2.45. The van der Waals surface area contributed by atoms with Gasteiger partial charge in [0.25, 0.3) is 10.0 Å². The first kappa shape index (κ1) is 17.2. The van der Waals surface area contributed by atoms with E-state index in [0.717, 1.165) is 17.7 Å². The molecule has 0 atom stereocenters. The van der Waals surface area contributed by atoms with Crippen LogP contribution in [0.1, 0.15) is 26.3 Å². The van der Waals surface area contributed by atoms with E-state index in [2.05, 4.69) is 9.71 Å². The van der Waals surface area contributed by atoms with Gasteiger partial charge in [0.05, 0.1) is 18.0 Å². The van der Waals surface area contributed by atoms with Crippen LogP contribution in [0.15, 0.2) is 41.6 Å². The minimum atomic E-state index is -4.00. The second kappa shape index (κ2) is 6.95. The van der Waals surface area contributed by atoms with Crippen molar-refractivity contribution in [1.82, 2.24) is 4.98 Å². The van der Waals surface area contributed by atoms with Crippen molar-refractivity contribution in [1.29, 1.82) is 0 Å². The van der Waals surface area contributed by atoms with Gasteiger partial charge in [0.1, 0.15) is 16.5 Å². The molecule has 0 amide bonds. The van der Waals surface area contributed by atoms with Gasteiger partial charge in [-0.1, -0.05) is 6.92 Å².